The van der Waals surface area contributed by atoms with E-state index in [1.165, 1.54) is 0 Å². The van der Waals surface area contributed by atoms with Gasteiger partial charge in [0.05, 0.1) is 17.6 Å². The van der Waals surface area contributed by atoms with Gasteiger partial charge in [-0.15, -0.1) is 0 Å². The number of hydrogen-bond acceptors (Lipinski definition) is 5. The van der Waals surface area contributed by atoms with Gasteiger partial charge < -0.3 is 14.8 Å². The summed E-state index contributed by atoms with van der Waals surface area (Å²) >= 11 is 0. The second-order valence-corrected chi connectivity index (χ2v) is 4.71. The van der Waals surface area contributed by atoms with Crippen LogP contribution in [0.25, 0.3) is 0 Å². The van der Waals surface area contributed by atoms with Crippen LogP contribution in [-0.4, -0.2) is 30.8 Å². The summed E-state index contributed by atoms with van der Waals surface area (Å²) in [5, 5.41) is 14.3. The summed E-state index contributed by atoms with van der Waals surface area (Å²) in [6.07, 6.45) is 3.36. The summed E-state index contributed by atoms with van der Waals surface area (Å²) in [4.78, 5) is 10.8. The molecule has 6 nitrogen and oxygen atoms in total. The maximum absolute atomic E-state index is 11.2. The summed E-state index contributed by atoms with van der Waals surface area (Å²) in [5.41, 5.74) is 0.472. The number of hydrogen-bond donors (Lipinski definition) is 1. The Balaban J connectivity index is 2.09. The molecule has 0 spiro atoms. The number of benzene rings is 1. The Kier molecular flexibility index (Phi) is 5.17. The fourth-order valence-electron chi connectivity index (χ4n) is 2.32. The third-order valence-electron chi connectivity index (χ3n) is 3.28. The highest BCUT2D eigenvalue weighted by atomic mass is 16.6. The van der Waals surface area contributed by atoms with Crippen LogP contribution in [0.4, 0.5) is 11.4 Å². The van der Waals surface area contributed by atoms with Crippen LogP contribution in [0.15, 0.2) is 18.2 Å². The zero-order chi connectivity index (χ0) is 14.4. The minimum atomic E-state index is -0.408. The molecule has 20 heavy (non-hydrogen) atoms. The third kappa shape index (κ3) is 3.60. The third-order valence-corrected chi connectivity index (χ3v) is 3.28. The molecular formula is C14H20N2O4. The Morgan fingerprint density at radius 2 is 2.35 bits per heavy atom. The minimum absolute atomic E-state index is 0.00911. The molecule has 1 aromatic carbocycles. The van der Waals surface area contributed by atoms with E-state index in [0.717, 1.165) is 25.9 Å². The van der Waals surface area contributed by atoms with Crippen LogP contribution >= 0.6 is 0 Å². The molecule has 1 aliphatic rings. The molecule has 0 amide bonds. The first-order valence-electron chi connectivity index (χ1n) is 6.98. The van der Waals surface area contributed by atoms with Crippen LogP contribution in [0.1, 0.15) is 26.2 Å². The van der Waals surface area contributed by atoms with Gasteiger partial charge in [-0.05, 0) is 38.3 Å². The van der Waals surface area contributed by atoms with Crippen molar-refractivity contribution in [2.45, 2.75) is 32.3 Å². The Bertz CT molecular complexity index is 458. The van der Waals surface area contributed by atoms with E-state index in [4.69, 9.17) is 9.47 Å². The number of nitro groups is 1. The molecule has 1 heterocycles. The monoisotopic (exact) mass is 280 g/mol. The second kappa shape index (κ2) is 7.09. The first-order chi connectivity index (χ1) is 9.72. The molecule has 0 bridgehead atoms. The van der Waals surface area contributed by atoms with Crippen molar-refractivity contribution in [3.63, 3.8) is 0 Å². The van der Waals surface area contributed by atoms with Gasteiger partial charge in [0, 0.05) is 13.2 Å². The molecule has 1 unspecified atom stereocenters. The van der Waals surface area contributed by atoms with Gasteiger partial charge in [-0.25, -0.2) is 0 Å². The van der Waals surface area contributed by atoms with E-state index >= 15 is 0 Å². The summed E-state index contributed by atoms with van der Waals surface area (Å²) in [7, 11) is 0. The van der Waals surface area contributed by atoms with Gasteiger partial charge in [0.25, 0.3) is 0 Å². The van der Waals surface area contributed by atoms with Crippen LogP contribution < -0.4 is 10.1 Å². The van der Waals surface area contributed by atoms with E-state index in [-0.39, 0.29) is 11.8 Å². The lowest BCUT2D eigenvalue weighted by atomic mass is 10.1. The smallest absolute Gasteiger partial charge is 0.333 e. The normalized spacial score (nSPS) is 18.6. The number of para-hydroxylation sites is 1. The van der Waals surface area contributed by atoms with E-state index in [0.29, 0.717) is 24.6 Å². The van der Waals surface area contributed by atoms with Gasteiger partial charge in [-0.1, -0.05) is 6.07 Å². The van der Waals surface area contributed by atoms with Gasteiger partial charge in [0.1, 0.15) is 5.69 Å². The van der Waals surface area contributed by atoms with Crippen molar-refractivity contribution >= 4 is 11.4 Å². The number of rotatable bonds is 6. The molecule has 6 heteroatoms. The predicted molar refractivity (Wildman–Crippen MR) is 76.3 cm³/mol. The highest BCUT2D eigenvalue weighted by molar-refractivity contribution is 5.68. The molecule has 1 aliphatic heterocycles. The first kappa shape index (κ1) is 14.6. The summed E-state index contributed by atoms with van der Waals surface area (Å²) in [6, 6.07) is 5.06. The van der Waals surface area contributed by atoms with E-state index in [2.05, 4.69) is 5.32 Å². The maximum atomic E-state index is 11.2. The molecular weight excluding hydrogens is 260 g/mol. The number of anilines is 1. The van der Waals surface area contributed by atoms with Crippen molar-refractivity contribution in [1.82, 2.24) is 0 Å². The van der Waals surface area contributed by atoms with Gasteiger partial charge in [0.15, 0.2) is 5.75 Å². The average molecular weight is 280 g/mol. The molecule has 0 aromatic heterocycles. The van der Waals surface area contributed by atoms with Crippen LogP contribution in [0.3, 0.4) is 0 Å². The standard InChI is InChI=1S/C14H20N2O4/c1-2-19-13-8-5-7-12(14(13)16(17)18)15-10-11-6-3-4-9-20-11/h5,7-8,11,15H,2-4,6,9-10H2,1H3. The van der Waals surface area contributed by atoms with Crippen molar-refractivity contribution < 1.29 is 14.4 Å². The highest BCUT2D eigenvalue weighted by Crippen LogP contribution is 2.34. The largest absolute Gasteiger partial charge is 0.487 e. The van der Waals surface area contributed by atoms with Gasteiger partial charge in [-0.2, -0.15) is 0 Å². The molecule has 1 atom stereocenters. The maximum Gasteiger partial charge on any atom is 0.333 e. The van der Waals surface area contributed by atoms with Crippen molar-refractivity contribution in [2.75, 3.05) is 25.1 Å². The van der Waals surface area contributed by atoms with Crippen molar-refractivity contribution in [3.8, 4) is 5.75 Å². The number of ether oxygens (including phenoxy) is 2. The van der Waals surface area contributed by atoms with Crippen molar-refractivity contribution in [3.05, 3.63) is 28.3 Å². The average Bonchev–Trinajstić information content (AvgIpc) is 2.46. The molecule has 0 aliphatic carbocycles. The summed E-state index contributed by atoms with van der Waals surface area (Å²) in [5.74, 6) is 0.298. The molecule has 1 N–H and O–H groups in total. The van der Waals surface area contributed by atoms with Crippen LogP contribution in [0, 0.1) is 10.1 Å². The predicted octanol–water partition coefficient (Wildman–Crippen LogP) is 2.97. The van der Waals surface area contributed by atoms with Gasteiger partial charge in [0.2, 0.25) is 0 Å². The van der Waals surface area contributed by atoms with Crippen molar-refractivity contribution in [1.29, 1.82) is 0 Å². The quantitative estimate of drug-likeness (QED) is 0.640. The molecule has 2 rings (SSSR count). The fourth-order valence-corrected chi connectivity index (χ4v) is 2.32. The second-order valence-electron chi connectivity index (χ2n) is 4.71. The zero-order valence-corrected chi connectivity index (χ0v) is 11.6. The number of nitrogens with one attached hydrogen (secondary N) is 1. The molecule has 1 saturated heterocycles. The van der Waals surface area contributed by atoms with E-state index < -0.39 is 4.92 Å². The molecule has 0 radical (unpaired) electrons. The lowest BCUT2D eigenvalue weighted by Gasteiger charge is -2.23. The lowest BCUT2D eigenvalue weighted by molar-refractivity contribution is -0.384. The zero-order valence-electron chi connectivity index (χ0n) is 11.6. The van der Waals surface area contributed by atoms with Crippen LogP contribution in [0.2, 0.25) is 0 Å². The van der Waals surface area contributed by atoms with E-state index in [1.54, 1.807) is 25.1 Å². The minimum Gasteiger partial charge on any atom is -0.487 e. The Morgan fingerprint density at radius 3 is 3.00 bits per heavy atom. The van der Waals surface area contributed by atoms with Crippen LogP contribution in [-0.2, 0) is 4.74 Å². The van der Waals surface area contributed by atoms with E-state index in [9.17, 15) is 10.1 Å². The molecule has 0 saturated carbocycles. The van der Waals surface area contributed by atoms with Crippen LogP contribution in [0.5, 0.6) is 5.75 Å². The molecule has 110 valence electrons. The van der Waals surface area contributed by atoms with E-state index in [1.807, 2.05) is 0 Å². The Morgan fingerprint density at radius 1 is 1.50 bits per heavy atom. The van der Waals surface area contributed by atoms with Crippen molar-refractivity contribution in [2.24, 2.45) is 0 Å². The van der Waals surface area contributed by atoms with Gasteiger partial charge in [-0.3, -0.25) is 10.1 Å². The molecule has 1 fully saturated rings. The first-order valence-corrected chi connectivity index (χ1v) is 6.98. The Labute approximate surface area is 118 Å². The fraction of sp³-hybridized carbons (Fsp3) is 0.571. The number of nitrogens with zero attached hydrogens (tertiary/aromatic N) is 1. The number of nitro benzene ring substituents is 1. The summed E-state index contributed by atoms with van der Waals surface area (Å²) in [6.45, 7) is 3.56. The van der Waals surface area contributed by atoms with Gasteiger partial charge >= 0.3 is 5.69 Å². The lowest BCUT2D eigenvalue weighted by Crippen LogP contribution is -2.27. The topological polar surface area (TPSA) is 73.6 Å². The molecule has 1 aromatic rings. The Hall–Kier alpha value is -1.82. The highest BCUT2D eigenvalue weighted by Gasteiger charge is 2.22. The SMILES string of the molecule is CCOc1cccc(NCC2CCCCO2)c1[N+](=O)[O-]. The summed E-state index contributed by atoms with van der Waals surface area (Å²) < 4.78 is 10.9.